The zero-order chi connectivity index (χ0) is 24.1. The summed E-state index contributed by atoms with van der Waals surface area (Å²) in [6, 6.07) is 14.6. The van der Waals surface area contributed by atoms with Crippen LogP contribution in [0.15, 0.2) is 65.6 Å². The SMILES string of the molecule is COCCN1C[C@@H](NC(=O)c2ccc(-n3ccccc3=O)cc2)[C@H](NC(=O)c2ccc(Cl)s2)C1. The highest BCUT2D eigenvalue weighted by molar-refractivity contribution is 7.18. The predicted molar refractivity (Wildman–Crippen MR) is 132 cm³/mol. The lowest BCUT2D eigenvalue weighted by atomic mass is 10.1. The molecule has 0 aliphatic carbocycles. The Morgan fingerprint density at radius 2 is 1.74 bits per heavy atom. The predicted octanol–water partition coefficient (Wildman–Crippen LogP) is 2.41. The first-order valence-electron chi connectivity index (χ1n) is 10.8. The summed E-state index contributed by atoms with van der Waals surface area (Å²) < 4.78 is 7.23. The molecule has 1 aliphatic heterocycles. The van der Waals surface area contributed by atoms with Crippen molar-refractivity contribution >= 4 is 34.8 Å². The van der Waals surface area contributed by atoms with E-state index in [1.54, 1.807) is 61.8 Å². The number of nitrogens with zero attached hydrogens (tertiary/aromatic N) is 2. The van der Waals surface area contributed by atoms with Gasteiger partial charge in [-0.25, -0.2) is 0 Å². The van der Waals surface area contributed by atoms with Crippen LogP contribution >= 0.6 is 22.9 Å². The van der Waals surface area contributed by atoms with Crippen molar-refractivity contribution in [3.63, 3.8) is 0 Å². The number of amides is 2. The number of nitrogens with one attached hydrogen (secondary N) is 2. The minimum Gasteiger partial charge on any atom is -0.383 e. The first-order valence-corrected chi connectivity index (χ1v) is 12.0. The summed E-state index contributed by atoms with van der Waals surface area (Å²) in [6.07, 6.45) is 1.68. The molecule has 8 nitrogen and oxygen atoms in total. The zero-order valence-electron chi connectivity index (χ0n) is 18.6. The Morgan fingerprint density at radius 3 is 2.35 bits per heavy atom. The summed E-state index contributed by atoms with van der Waals surface area (Å²) in [6.45, 7) is 2.43. The fourth-order valence-corrected chi connectivity index (χ4v) is 4.87. The van der Waals surface area contributed by atoms with E-state index in [-0.39, 0.29) is 29.5 Å². The van der Waals surface area contributed by atoms with Gasteiger partial charge in [0.1, 0.15) is 0 Å². The smallest absolute Gasteiger partial charge is 0.261 e. The summed E-state index contributed by atoms with van der Waals surface area (Å²) in [5, 5.41) is 6.09. The van der Waals surface area contributed by atoms with Gasteiger partial charge in [0.15, 0.2) is 0 Å². The highest BCUT2D eigenvalue weighted by Crippen LogP contribution is 2.22. The number of rotatable bonds is 8. The number of ether oxygens (including phenoxy) is 1. The van der Waals surface area contributed by atoms with Crippen molar-refractivity contribution in [2.24, 2.45) is 0 Å². The van der Waals surface area contributed by atoms with E-state index in [1.165, 1.54) is 22.0 Å². The number of halogens is 1. The molecular weight excluding hydrogens is 476 g/mol. The minimum atomic E-state index is -0.278. The van der Waals surface area contributed by atoms with E-state index in [2.05, 4.69) is 15.5 Å². The number of likely N-dealkylation sites (tertiary alicyclic amines) is 1. The van der Waals surface area contributed by atoms with Crippen LogP contribution in [0.5, 0.6) is 0 Å². The maximum absolute atomic E-state index is 13.0. The second-order valence-electron chi connectivity index (χ2n) is 7.97. The van der Waals surface area contributed by atoms with E-state index in [0.29, 0.717) is 46.7 Å². The number of carbonyl (C=O) groups is 2. The number of thiophene rings is 1. The lowest BCUT2D eigenvalue weighted by Crippen LogP contribution is -2.50. The van der Waals surface area contributed by atoms with Gasteiger partial charge in [0.25, 0.3) is 17.4 Å². The molecule has 1 aliphatic rings. The third-order valence-electron chi connectivity index (χ3n) is 5.67. The molecule has 10 heteroatoms. The number of hydrogen-bond acceptors (Lipinski definition) is 6. The highest BCUT2D eigenvalue weighted by atomic mass is 35.5. The molecule has 2 N–H and O–H groups in total. The van der Waals surface area contributed by atoms with Gasteiger partial charge >= 0.3 is 0 Å². The van der Waals surface area contributed by atoms with Gasteiger partial charge in [-0.3, -0.25) is 23.9 Å². The van der Waals surface area contributed by atoms with Crippen LogP contribution in [0.2, 0.25) is 4.34 Å². The number of aromatic nitrogens is 1. The summed E-state index contributed by atoms with van der Waals surface area (Å²) in [5.74, 6) is -0.462. The maximum Gasteiger partial charge on any atom is 0.261 e. The van der Waals surface area contributed by atoms with Crippen molar-refractivity contribution in [3.05, 3.63) is 85.9 Å². The van der Waals surface area contributed by atoms with Gasteiger partial charge < -0.3 is 15.4 Å². The molecule has 0 bridgehead atoms. The van der Waals surface area contributed by atoms with Crippen LogP contribution < -0.4 is 16.2 Å². The number of benzene rings is 1. The Labute approximate surface area is 206 Å². The molecule has 178 valence electrons. The fourth-order valence-electron chi connectivity index (χ4n) is 3.92. The molecule has 3 aromatic rings. The second-order valence-corrected chi connectivity index (χ2v) is 9.69. The lowest BCUT2D eigenvalue weighted by molar-refractivity contribution is 0.0898. The van der Waals surface area contributed by atoms with Crippen molar-refractivity contribution in [2.75, 3.05) is 33.4 Å². The van der Waals surface area contributed by atoms with Crippen LogP contribution in [-0.2, 0) is 4.74 Å². The number of pyridine rings is 1. The van der Waals surface area contributed by atoms with E-state index in [4.69, 9.17) is 16.3 Å². The number of carbonyl (C=O) groups excluding carboxylic acids is 2. The van der Waals surface area contributed by atoms with Gasteiger partial charge in [-0.15, -0.1) is 11.3 Å². The Bertz CT molecular complexity index is 1210. The normalized spacial score (nSPS) is 18.1. The van der Waals surface area contributed by atoms with Crippen molar-refractivity contribution in [1.82, 2.24) is 20.1 Å². The summed E-state index contributed by atoms with van der Waals surface area (Å²) in [7, 11) is 1.64. The van der Waals surface area contributed by atoms with Gasteiger partial charge in [-0.05, 0) is 42.5 Å². The molecule has 0 unspecified atom stereocenters. The molecule has 2 atom stereocenters. The van der Waals surface area contributed by atoms with Crippen LogP contribution in [0, 0.1) is 0 Å². The highest BCUT2D eigenvalue weighted by Gasteiger charge is 2.35. The van der Waals surface area contributed by atoms with E-state index in [9.17, 15) is 14.4 Å². The molecule has 1 saturated heterocycles. The monoisotopic (exact) mass is 500 g/mol. The van der Waals surface area contributed by atoms with Gasteiger partial charge in [-0.2, -0.15) is 0 Å². The van der Waals surface area contributed by atoms with E-state index in [1.807, 2.05) is 0 Å². The third-order valence-corrected chi connectivity index (χ3v) is 6.90. The number of methoxy groups -OCH3 is 1. The molecule has 2 amide bonds. The quantitative estimate of drug-likeness (QED) is 0.495. The molecule has 34 heavy (non-hydrogen) atoms. The van der Waals surface area contributed by atoms with Crippen molar-refractivity contribution < 1.29 is 14.3 Å². The average molecular weight is 501 g/mol. The minimum absolute atomic E-state index is 0.146. The van der Waals surface area contributed by atoms with E-state index in [0.717, 1.165) is 0 Å². The molecular formula is C24H25ClN4O4S. The molecule has 2 aromatic heterocycles. The van der Waals surface area contributed by atoms with Gasteiger partial charge in [0.2, 0.25) is 0 Å². The average Bonchev–Trinajstić information content (AvgIpc) is 3.44. The Hall–Kier alpha value is -2.98. The Morgan fingerprint density at radius 1 is 1.03 bits per heavy atom. The molecule has 4 rings (SSSR count). The zero-order valence-corrected chi connectivity index (χ0v) is 20.1. The van der Waals surface area contributed by atoms with Crippen LogP contribution in [0.3, 0.4) is 0 Å². The van der Waals surface area contributed by atoms with E-state index < -0.39 is 0 Å². The largest absolute Gasteiger partial charge is 0.383 e. The van der Waals surface area contributed by atoms with Crippen LogP contribution in [0.25, 0.3) is 5.69 Å². The maximum atomic E-state index is 13.0. The molecule has 0 radical (unpaired) electrons. The second kappa shape index (κ2) is 11.0. The van der Waals surface area contributed by atoms with E-state index >= 15 is 0 Å². The fraction of sp³-hybridized carbons (Fsp3) is 0.292. The standard InChI is InChI=1S/C24H25ClN4O4S/c1-33-13-12-28-14-18(19(15-28)27-24(32)20-9-10-21(25)34-20)26-23(31)16-5-7-17(8-6-16)29-11-3-2-4-22(29)30/h2-11,18-19H,12-15H2,1H3,(H,26,31)(H,27,32)/t18-,19-/m1/s1. The van der Waals surface area contributed by atoms with Gasteiger partial charge in [-0.1, -0.05) is 17.7 Å². The molecule has 0 saturated carbocycles. The Kier molecular flexibility index (Phi) is 7.79. The van der Waals surface area contributed by atoms with Gasteiger partial charge in [0.05, 0.1) is 27.9 Å². The van der Waals surface area contributed by atoms with Crippen molar-refractivity contribution in [3.8, 4) is 5.69 Å². The first kappa shape index (κ1) is 24.2. The molecule has 1 fully saturated rings. The van der Waals surface area contributed by atoms with Crippen LogP contribution in [0.1, 0.15) is 20.0 Å². The Balaban J connectivity index is 1.45. The van der Waals surface area contributed by atoms with Crippen LogP contribution in [0.4, 0.5) is 0 Å². The summed E-state index contributed by atoms with van der Waals surface area (Å²) >= 11 is 7.18. The molecule has 0 spiro atoms. The topological polar surface area (TPSA) is 92.7 Å². The summed E-state index contributed by atoms with van der Waals surface area (Å²) in [4.78, 5) is 40.4. The van der Waals surface area contributed by atoms with Crippen LogP contribution in [-0.4, -0.2) is 66.7 Å². The van der Waals surface area contributed by atoms with Crippen molar-refractivity contribution in [1.29, 1.82) is 0 Å². The van der Waals surface area contributed by atoms with Gasteiger partial charge in [0, 0.05) is 50.3 Å². The molecule has 3 heterocycles. The van der Waals surface area contributed by atoms with Crippen molar-refractivity contribution in [2.45, 2.75) is 12.1 Å². The third kappa shape index (κ3) is 5.74. The first-order chi connectivity index (χ1) is 16.4. The molecule has 1 aromatic carbocycles. The lowest BCUT2D eigenvalue weighted by Gasteiger charge is -2.21. The number of hydrogen-bond donors (Lipinski definition) is 2. The summed E-state index contributed by atoms with van der Waals surface area (Å²) in [5.41, 5.74) is 0.999.